The summed E-state index contributed by atoms with van der Waals surface area (Å²) in [7, 11) is 1.60. The van der Waals surface area contributed by atoms with E-state index in [2.05, 4.69) is 13.2 Å². The fourth-order valence-corrected chi connectivity index (χ4v) is 1.70. The topological polar surface area (TPSA) is 27.7 Å². The second-order valence-corrected chi connectivity index (χ2v) is 4.00. The molecule has 0 amide bonds. The fraction of sp³-hybridized carbons (Fsp3) is 0.556. The van der Waals surface area contributed by atoms with Gasteiger partial charge in [-0.3, -0.25) is 0 Å². The zero-order chi connectivity index (χ0) is 10.1. The molecule has 0 aromatic carbocycles. The molecular weight excluding hydrogens is 184 g/mol. The molecular formula is C9H17O3Si. The molecule has 0 aliphatic heterocycles. The molecule has 0 saturated carbocycles. The van der Waals surface area contributed by atoms with Gasteiger partial charge >= 0.3 is 9.53 Å². The Labute approximate surface area is 82.0 Å². The lowest BCUT2D eigenvalue weighted by Gasteiger charge is -2.17. The Kier molecular flexibility index (Phi) is 7.92. The van der Waals surface area contributed by atoms with E-state index in [0.29, 0.717) is 0 Å². The average molecular weight is 201 g/mol. The van der Waals surface area contributed by atoms with E-state index < -0.39 is 9.53 Å². The normalized spacial score (nSPS) is 10.8. The van der Waals surface area contributed by atoms with Gasteiger partial charge in [0.15, 0.2) is 0 Å². The molecule has 0 aliphatic rings. The minimum absolute atomic E-state index is 0.0730. The summed E-state index contributed by atoms with van der Waals surface area (Å²) >= 11 is 0. The Morgan fingerprint density at radius 3 is 1.92 bits per heavy atom. The molecule has 0 aliphatic carbocycles. The number of rotatable bonds is 8. The van der Waals surface area contributed by atoms with Crippen molar-refractivity contribution >= 4 is 9.53 Å². The Hall–Kier alpha value is -0.423. The molecule has 0 fully saturated rings. The lowest BCUT2D eigenvalue weighted by Crippen LogP contribution is -2.29. The molecule has 0 spiro atoms. The predicted molar refractivity (Wildman–Crippen MR) is 54.3 cm³/mol. The van der Waals surface area contributed by atoms with Crippen LogP contribution in [0, 0.1) is 0 Å². The van der Waals surface area contributed by atoms with Gasteiger partial charge in [-0.25, -0.2) is 0 Å². The third-order valence-corrected chi connectivity index (χ3v) is 2.65. The maximum atomic E-state index is 5.54. The van der Waals surface area contributed by atoms with Crippen LogP contribution in [0.4, 0.5) is 0 Å². The van der Waals surface area contributed by atoms with Gasteiger partial charge in [0.2, 0.25) is 0 Å². The summed E-state index contributed by atoms with van der Waals surface area (Å²) in [5.41, 5.74) is 0. The average Bonchev–Trinajstić information content (AvgIpc) is 2.14. The zero-order valence-corrected chi connectivity index (χ0v) is 9.29. The molecule has 0 saturated heterocycles. The molecule has 0 aromatic heterocycles. The van der Waals surface area contributed by atoms with E-state index in [0.717, 1.165) is 12.8 Å². The largest absolute Gasteiger partial charge is 0.577 e. The van der Waals surface area contributed by atoms with Crippen molar-refractivity contribution in [3.05, 3.63) is 25.3 Å². The quantitative estimate of drug-likeness (QED) is 0.443. The van der Waals surface area contributed by atoms with Gasteiger partial charge in [0.25, 0.3) is 0 Å². The van der Waals surface area contributed by atoms with E-state index in [1.807, 2.05) is 12.2 Å². The zero-order valence-electron chi connectivity index (χ0n) is 8.29. The van der Waals surface area contributed by atoms with Crippen LogP contribution in [0.15, 0.2) is 25.3 Å². The maximum Gasteiger partial charge on any atom is 0.577 e. The second-order valence-electron chi connectivity index (χ2n) is 2.45. The first-order chi connectivity index (χ1) is 6.28. The van der Waals surface area contributed by atoms with E-state index in [1.165, 1.54) is 0 Å². The molecule has 4 heteroatoms. The smallest absolute Gasteiger partial charge is 0.375 e. The van der Waals surface area contributed by atoms with E-state index >= 15 is 0 Å². The summed E-state index contributed by atoms with van der Waals surface area (Å²) in [5, 5.41) is 0. The molecule has 0 aromatic rings. The van der Waals surface area contributed by atoms with Crippen molar-refractivity contribution in [3.63, 3.8) is 0 Å². The van der Waals surface area contributed by atoms with Gasteiger partial charge < -0.3 is 13.3 Å². The van der Waals surface area contributed by atoms with Crippen LogP contribution in [-0.2, 0) is 13.3 Å². The van der Waals surface area contributed by atoms with Crippen molar-refractivity contribution in [2.24, 2.45) is 0 Å². The predicted octanol–water partition coefficient (Wildman–Crippen LogP) is 1.80. The van der Waals surface area contributed by atoms with E-state index in [-0.39, 0.29) is 6.10 Å². The first kappa shape index (κ1) is 12.6. The second kappa shape index (κ2) is 8.19. The van der Waals surface area contributed by atoms with Crippen LogP contribution in [0.25, 0.3) is 0 Å². The van der Waals surface area contributed by atoms with Crippen molar-refractivity contribution in [1.29, 1.82) is 0 Å². The molecule has 0 heterocycles. The molecule has 75 valence electrons. The minimum Gasteiger partial charge on any atom is -0.375 e. The Morgan fingerprint density at radius 2 is 1.62 bits per heavy atom. The van der Waals surface area contributed by atoms with Crippen LogP contribution in [0.5, 0.6) is 0 Å². The van der Waals surface area contributed by atoms with Crippen LogP contribution in [-0.4, -0.2) is 29.9 Å². The first-order valence-electron chi connectivity index (χ1n) is 4.11. The maximum absolute atomic E-state index is 5.54. The third kappa shape index (κ3) is 5.76. The van der Waals surface area contributed by atoms with Gasteiger partial charge in [-0.15, -0.1) is 13.2 Å². The molecule has 13 heavy (non-hydrogen) atoms. The standard InChI is InChI=1S/C9H17O3Si/c1-5-7-9(8-6-2)12-13(10-3)11-4/h5-6,9H,1-2,7-8H2,3-4H3. The van der Waals surface area contributed by atoms with E-state index in [4.69, 9.17) is 13.3 Å². The molecule has 0 N–H and O–H groups in total. The fourth-order valence-electron chi connectivity index (χ4n) is 0.880. The molecule has 3 nitrogen and oxygen atoms in total. The molecule has 0 bridgehead atoms. The van der Waals surface area contributed by atoms with Gasteiger partial charge in [-0.1, -0.05) is 12.2 Å². The number of hydrogen-bond donors (Lipinski definition) is 0. The lowest BCUT2D eigenvalue weighted by molar-refractivity contribution is 0.0888. The van der Waals surface area contributed by atoms with E-state index in [1.54, 1.807) is 14.2 Å². The van der Waals surface area contributed by atoms with Gasteiger partial charge in [0, 0.05) is 14.2 Å². The Morgan fingerprint density at radius 1 is 1.15 bits per heavy atom. The highest BCUT2D eigenvalue weighted by Gasteiger charge is 2.19. The summed E-state index contributed by atoms with van der Waals surface area (Å²) < 4.78 is 15.6. The third-order valence-electron chi connectivity index (χ3n) is 1.46. The van der Waals surface area contributed by atoms with Gasteiger partial charge in [-0.2, -0.15) is 0 Å². The van der Waals surface area contributed by atoms with E-state index in [9.17, 15) is 0 Å². The van der Waals surface area contributed by atoms with Crippen molar-refractivity contribution in [2.45, 2.75) is 18.9 Å². The van der Waals surface area contributed by atoms with Crippen LogP contribution in [0.2, 0.25) is 0 Å². The highest BCUT2D eigenvalue weighted by molar-refractivity contribution is 6.36. The monoisotopic (exact) mass is 201 g/mol. The summed E-state index contributed by atoms with van der Waals surface area (Å²) in [6, 6.07) is 0. The van der Waals surface area contributed by atoms with Crippen molar-refractivity contribution in [1.82, 2.24) is 0 Å². The van der Waals surface area contributed by atoms with Crippen molar-refractivity contribution in [3.8, 4) is 0 Å². The molecule has 0 rings (SSSR count). The summed E-state index contributed by atoms with van der Waals surface area (Å²) in [6.45, 7) is 7.31. The minimum atomic E-state index is -1.56. The Bertz CT molecular complexity index is 136. The molecule has 1 radical (unpaired) electrons. The molecule has 0 atom stereocenters. The van der Waals surface area contributed by atoms with Crippen LogP contribution >= 0.6 is 0 Å². The van der Waals surface area contributed by atoms with Crippen molar-refractivity contribution < 1.29 is 13.3 Å². The van der Waals surface area contributed by atoms with Gasteiger partial charge in [0.1, 0.15) is 0 Å². The first-order valence-corrected chi connectivity index (χ1v) is 5.34. The van der Waals surface area contributed by atoms with Gasteiger partial charge in [-0.05, 0) is 12.8 Å². The van der Waals surface area contributed by atoms with Crippen LogP contribution < -0.4 is 0 Å². The lowest BCUT2D eigenvalue weighted by atomic mass is 10.2. The van der Waals surface area contributed by atoms with Crippen molar-refractivity contribution in [2.75, 3.05) is 14.2 Å². The Balaban J connectivity index is 3.89. The highest BCUT2D eigenvalue weighted by Crippen LogP contribution is 2.07. The summed E-state index contributed by atoms with van der Waals surface area (Å²) in [5.74, 6) is 0. The summed E-state index contributed by atoms with van der Waals surface area (Å²) in [4.78, 5) is 0. The SMILES string of the molecule is C=CCC(CC=C)O[Si](OC)OC. The van der Waals surface area contributed by atoms with Crippen LogP contribution in [0.1, 0.15) is 12.8 Å². The molecule has 0 unspecified atom stereocenters. The number of hydrogen-bond acceptors (Lipinski definition) is 3. The van der Waals surface area contributed by atoms with Gasteiger partial charge in [0.05, 0.1) is 6.10 Å². The summed E-state index contributed by atoms with van der Waals surface area (Å²) in [6.07, 6.45) is 5.28. The highest BCUT2D eigenvalue weighted by atomic mass is 28.3. The van der Waals surface area contributed by atoms with Crippen LogP contribution in [0.3, 0.4) is 0 Å².